The molecule has 6 aliphatic rings. The van der Waals surface area contributed by atoms with E-state index in [-0.39, 0.29) is 28.3 Å². The van der Waals surface area contributed by atoms with Crippen LogP contribution in [0.3, 0.4) is 0 Å². The van der Waals surface area contributed by atoms with Crippen LogP contribution in [0.5, 0.6) is 0 Å². The highest BCUT2D eigenvalue weighted by Gasteiger charge is 2.68. The first-order valence-electron chi connectivity index (χ1n) is 11.0. The van der Waals surface area contributed by atoms with Crippen LogP contribution in [0.15, 0.2) is 23.3 Å². The average Bonchev–Trinajstić information content (AvgIpc) is 2.98. The van der Waals surface area contributed by atoms with Gasteiger partial charge in [-0.05, 0) is 43.9 Å². The number of carbonyl (C=O) groups excluding carboxylic acids is 1. The molecule has 1 spiro atoms. The van der Waals surface area contributed by atoms with Crippen molar-refractivity contribution in [3.05, 3.63) is 23.3 Å². The van der Waals surface area contributed by atoms with Crippen molar-refractivity contribution in [1.82, 2.24) is 0 Å². The molecule has 0 amide bonds. The Labute approximate surface area is 168 Å². The van der Waals surface area contributed by atoms with Crippen LogP contribution in [0.2, 0.25) is 0 Å². The van der Waals surface area contributed by atoms with Gasteiger partial charge in [0.1, 0.15) is 6.10 Å². The fourth-order valence-electron chi connectivity index (χ4n) is 7.91. The Bertz CT molecular complexity index is 767. The molecule has 6 atom stereocenters. The van der Waals surface area contributed by atoms with Gasteiger partial charge in [0, 0.05) is 36.7 Å². The Morgan fingerprint density at radius 1 is 1.07 bits per heavy atom. The summed E-state index contributed by atoms with van der Waals surface area (Å²) in [5.74, 6) is 0.444. The van der Waals surface area contributed by atoms with Gasteiger partial charge in [-0.3, -0.25) is 4.79 Å². The Morgan fingerprint density at radius 3 is 2.50 bits per heavy atom. The number of carbonyl (C=O) groups is 1. The molecule has 6 rings (SSSR count). The van der Waals surface area contributed by atoms with Crippen molar-refractivity contribution in [1.29, 1.82) is 0 Å². The van der Waals surface area contributed by atoms with Gasteiger partial charge in [0.2, 0.25) is 0 Å². The van der Waals surface area contributed by atoms with Gasteiger partial charge in [-0.1, -0.05) is 44.1 Å². The highest BCUT2D eigenvalue weighted by atomic mass is 16.7. The van der Waals surface area contributed by atoms with E-state index in [0.717, 1.165) is 45.1 Å². The third kappa shape index (κ3) is 2.06. The Hall–Kier alpha value is -1.13. The molecule has 0 N–H and O–H groups in total. The summed E-state index contributed by atoms with van der Waals surface area (Å²) < 4.78 is 18.2. The lowest BCUT2D eigenvalue weighted by molar-refractivity contribution is -0.339. The lowest BCUT2D eigenvalue weighted by Crippen LogP contribution is -2.66. The van der Waals surface area contributed by atoms with Crippen LogP contribution in [0.1, 0.15) is 66.2 Å². The number of fused-ring (bicyclic) bond motifs is 5. The summed E-state index contributed by atoms with van der Waals surface area (Å²) >= 11 is 0. The summed E-state index contributed by atoms with van der Waals surface area (Å²) in [6, 6.07) is 0. The van der Waals surface area contributed by atoms with E-state index < -0.39 is 5.79 Å². The second kappa shape index (κ2) is 5.72. The first kappa shape index (κ1) is 18.9. The molecule has 0 aromatic heterocycles. The maximum absolute atomic E-state index is 11.6. The van der Waals surface area contributed by atoms with Crippen LogP contribution in [-0.4, -0.2) is 31.6 Å². The molecule has 4 aliphatic carbocycles. The number of ether oxygens (including phenoxy) is 3. The highest BCUT2D eigenvalue weighted by molar-refractivity contribution is 5.66. The van der Waals surface area contributed by atoms with Crippen molar-refractivity contribution in [3.63, 3.8) is 0 Å². The summed E-state index contributed by atoms with van der Waals surface area (Å²) in [5, 5.41) is 0. The van der Waals surface area contributed by atoms with Gasteiger partial charge in [0.15, 0.2) is 5.79 Å². The average molecular weight is 387 g/mol. The maximum atomic E-state index is 11.6. The van der Waals surface area contributed by atoms with E-state index in [1.807, 2.05) is 0 Å². The highest BCUT2D eigenvalue weighted by Crippen LogP contribution is 2.70. The van der Waals surface area contributed by atoms with Crippen molar-refractivity contribution < 1.29 is 19.0 Å². The fourth-order valence-corrected chi connectivity index (χ4v) is 7.91. The molecule has 0 radical (unpaired) electrons. The number of esters is 1. The van der Waals surface area contributed by atoms with Crippen molar-refractivity contribution in [3.8, 4) is 0 Å². The largest absolute Gasteiger partial charge is 0.462 e. The third-order valence-electron chi connectivity index (χ3n) is 9.40. The molecule has 4 nitrogen and oxygen atoms in total. The minimum absolute atomic E-state index is 0.0614. The molecular weight excluding hydrogens is 352 g/mol. The van der Waals surface area contributed by atoms with Gasteiger partial charge in [-0.25, -0.2) is 0 Å². The van der Waals surface area contributed by atoms with E-state index in [9.17, 15) is 4.79 Å². The molecule has 154 valence electrons. The predicted octanol–water partition coefficient (Wildman–Crippen LogP) is 4.79. The third-order valence-corrected chi connectivity index (χ3v) is 9.40. The first-order chi connectivity index (χ1) is 13.2. The lowest BCUT2D eigenvalue weighted by Gasteiger charge is -2.66. The van der Waals surface area contributed by atoms with Crippen molar-refractivity contribution in [2.75, 3.05) is 13.7 Å². The lowest BCUT2D eigenvalue weighted by atomic mass is 9.45. The molecule has 2 bridgehead atoms. The molecular formula is C24H34O4. The van der Waals surface area contributed by atoms with Crippen molar-refractivity contribution in [2.45, 2.75) is 78.1 Å². The minimum atomic E-state index is -0.483. The molecule has 2 saturated heterocycles. The molecule has 2 heterocycles. The monoisotopic (exact) mass is 386 g/mol. The van der Waals surface area contributed by atoms with Crippen LogP contribution in [-0.2, 0) is 19.0 Å². The zero-order valence-corrected chi connectivity index (χ0v) is 18.0. The second-order valence-electron chi connectivity index (χ2n) is 10.6. The van der Waals surface area contributed by atoms with E-state index >= 15 is 0 Å². The van der Waals surface area contributed by atoms with Crippen molar-refractivity contribution >= 4 is 5.97 Å². The zero-order chi connectivity index (χ0) is 19.9. The van der Waals surface area contributed by atoms with Crippen LogP contribution < -0.4 is 0 Å². The molecule has 6 unspecified atom stereocenters. The summed E-state index contributed by atoms with van der Waals surface area (Å²) in [6.45, 7) is 9.27. The Morgan fingerprint density at radius 2 is 1.86 bits per heavy atom. The summed E-state index contributed by atoms with van der Waals surface area (Å²) in [7, 11) is 1.80. The maximum Gasteiger partial charge on any atom is 0.302 e. The first-order valence-corrected chi connectivity index (χ1v) is 11.0. The number of rotatable bonds is 2. The van der Waals surface area contributed by atoms with Gasteiger partial charge in [0.05, 0.1) is 6.61 Å². The quantitative estimate of drug-likeness (QED) is 0.640. The van der Waals surface area contributed by atoms with E-state index in [2.05, 4.69) is 32.9 Å². The van der Waals surface area contributed by atoms with Gasteiger partial charge in [-0.15, -0.1) is 0 Å². The van der Waals surface area contributed by atoms with E-state index in [1.54, 1.807) is 19.6 Å². The van der Waals surface area contributed by atoms with Crippen molar-refractivity contribution in [2.24, 2.45) is 28.1 Å². The minimum Gasteiger partial charge on any atom is -0.462 e. The molecule has 3 saturated carbocycles. The van der Waals surface area contributed by atoms with E-state index in [0.29, 0.717) is 11.8 Å². The van der Waals surface area contributed by atoms with Crippen LogP contribution >= 0.6 is 0 Å². The van der Waals surface area contributed by atoms with Crippen LogP contribution in [0, 0.1) is 28.1 Å². The zero-order valence-electron chi connectivity index (χ0n) is 18.0. The standard InChI is InChI=1S/C24H34O4/c1-15(25)28-20-9-7-17-16-6-8-19-21(2,3)24(26-5)13-12-23(19,14-27-24)18(16)10-11-22(17,20)4/h6,8,17-18,20H,7,9-14H2,1-5H3. The fraction of sp³-hybridized carbons (Fsp3) is 0.792. The van der Waals surface area contributed by atoms with Crippen LogP contribution in [0.25, 0.3) is 0 Å². The number of methoxy groups -OCH3 is 1. The molecule has 0 aromatic rings. The molecule has 28 heavy (non-hydrogen) atoms. The molecule has 2 aliphatic heterocycles. The summed E-state index contributed by atoms with van der Waals surface area (Å²) in [4.78, 5) is 11.6. The SMILES string of the molecule is COC12CCC3(CO1)C(=CC=C1C3CCC3(C)C(OC(C)=O)CCC13)C2(C)C. The number of hydrogen-bond acceptors (Lipinski definition) is 4. The van der Waals surface area contributed by atoms with Gasteiger partial charge < -0.3 is 14.2 Å². The normalized spacial score (nSPS) is 48.1. The summed E-state index contributed by atoms with van der Waals surface area (Å²) in [6.07, 6.45) is 11.4. The molecule has 4 heteroatoms. The van der Waals surface area contributed by atoms with E-state index in [4.69, 9.17) is 14.2 Å². The van der Waals surface area contributed by atoms with E-state index in [1.165, 1.54) is 5.57 Å². The number of hydrogen-bond donors (Lipinski definition) is 0. The predicted molar refractivity (Wildman–Crippen MR) is 106 cm³/mol. The Balaban J connectivity index is 1.56. The smallest absolute Gasteiger partial charge is 0.302 e. The summed E-state index contributed by atoms with van der Waals surface area (Å²) in [5.41, 5.74) is 3.21. The molecule has 5 fully saturated rings. The van der Waals surface area contributed by atoms with Gasteiger partial charge in [-0.2, -0.15) is 0 Å². The Kier molecular flexibility index (Phi) is 3.86. The van der Waals surface area contributed by atoms with Gasteiger partial charge in [0.25, 0.3) is 0 Å². The molecule has 0 aromatic carbocycles. The second-order valence-corrected chi connectivity index (χ2v) is 10.6. The van der Waals surface area contributed by atoms with Gasteiger partial charge >= 0.3 is 5.97 Å². The number of allylic oxidation sites excluding steroid dienone is 3. The topological polar surface area (TPSA) is 44.8 Å². The van der Waals surface area contributed by atoms with Crippen LogP contribution in [0.4, 0.5) is 0 Å².